The zero-order chi connectivity index (χ0) is 13.8. The lowest BCUT2D eigenvalue weighted by atomic mass is 10.1. The van der Waals surface area contributed by atoms with Crippen molar-refractivity contribution in [1.82, 2.24) is 0 Å². The molecule has 0 fully saturated rings. The first-order valence-corrected chi connectivity index (χ1v) is 8.83. The highest BCUT2D eigenvalue weighted by atomic mass is 79.9. The summed E-state index contributed by atoms with van der Waals surface area (Å²) in [7, 11) is 0. The van der Waals surface area contributed by atoms with Crippen molar-refractivity contribution in [2.24, 2.45) is 5.73 Å². The van der Waals surface area contributed by atoms with E-state index in [1.165, 1.54) is 14.6 Å². The molecule has 0 radical (unpaired) electrons. The van der Waals surface area contributed by atoms with Gasteiger partial charge < -0.3 is 5.73 Å². The molecule has 102 valence electrons. The van der Waals surface area contributed by atoms with Gasteiger partial charge in [-0.05, 0) is 49.7 Å². The van der Waals surface area contributed by atoms with Gasteiger partial charge in [0.15, 0.2) is 0 Å². The molecule has 19 heavy (non-hydrogen) atoms. The van der Waals surface area contributed by atoms with Crippen LogP contribution in [0.5, 0.6) is 0 Å². The van der Waals surface area contributed by atoms with Crippen LogP contribution in [-0.4, -0.2) is 6.04 Å². The Morgan fingerprint density at radius 1 is 1.21 bits per heavy atom. The Bertz CT molecular complexity index is 521. The van der Waals surface area contributed by atoms with Gasteiger partial charge in [0.25, 0.3) is 0 Å². The van der Waals surface area contributed by atoms with E-state index in [2.05, 4.69) is 66.2 Å². The predicted molar refractivity (Wildman–Crippen MR) is 90.1 cm³/mol. The third-order valence-electron chi connectivity index (χ3n) is 2.98. The Hall–Kier alpha value is -0.290. The van der Waals surface area contributed by atoms with Crippen molar-refractivity contribution < 1.29 is 0 Å². The molecule has 0 amide bonds. The molecule has 0 bridgehead atoms. The quantitative estimate of drug-likeness (QED) is 0.727. The topological polar surface area (TPSA) is 26.0 Å². The first kappa shape index (κ1) is 15.1. The van der Waals surface area contributed by atoms with E-state index in [1.54, 1.807) is 0 Å². The molecule has 0 saturated carbocycles. The van der Waals surface area contributed by atoms with Gasteiger partial charge in [-0.25, -0.2) is 0 Å². The summed E-state index contributed by atoms with van der Waals surface area (Å²) in [6.07, 6.45) is 0.991. The smallest absolute Gasteiger partial charge is 0.0589 e. The van der Waals surface area contributed by atoms with Crippen LogP contribution in [0.25, 0.3) is 0 Å². The minimum Gasteiger partial charge on any atom is -0.326 e. The molecule has 0 aliphatic rings. The van der Waals surface area contributed by atoms with Gasteiger partial charge in [-0.15, -0.1) is 23.1 Å². The van der Waals surface area contributed by atoms with E-state index in [0.717, 1.165) is 10.9 Å². The van der Waals surface area contributed by atoms with Gasteiger partial charge in [0.2, 0.25) is 0 Å². The number of nitrogens with two attached hydrogens (primary N) is 1. The van der Waals surface area contributed by atoms with E-state index < -0.39 is 0 Å². The maximum Gasteiger partial charge on any atom is 0.0589 e. The fourth-order valence-corrected chi connectivity index (χ4v) is 4.47. The Balaban J connectivity index is 2.21. The van der Waals surface area contributed by atoms with E-state index in [0.29, 0.717) is 5.25 Å². The molecule has 0 aliphatic carbocycles. The Morgan fingerprint density at radius 2 is 1.89 bits per heavy atom. The number of rotatable bonds is 5. The normalized spacial score (nSPS) is 14.3. The molecular formula is C15H18BrNS2. The highest BCUT2D eigenvalue weighted by Crippen LogP contribution is 2.41. The molecule has 0 spiro atoms. The molecule has 0 saturated heterocycles. The molecule has 2 N–H and O–H groups in total. The van der Waals surface area contributed by atoms with Crippen molar-refractivity contribution in [3.05, 3.63) is 50.6 Å². The highest BCUT2D eigenvalue weighted by Gasteiger charge is 2.21. The second-order valence-corrected chi connectivity index (χ2v) is 7.96. The molecule has 1 heterocycles. The van der Waals surface area contributed by atoms with Crippen LogP contribution in [0.15, 0.2) is 45.8 Å². The summed E-state index contributed by atoms with van der Waals surface area (Å²) < 4.78 is 1.11. The summed E-state index contributed by atoms with van der Waals surface area (Å²) >= 11 is 7.18. The van der Waals surface area contributed by atoms with Crippen molar-refractivity contribution >= 4 is 39.0 Å². The fraction of sp³-hybridized carbons (Fsp3) is 0.333. The van der Waals surface area contributed by atoms with Crippen molar-refractivity contribution in [2.75, 3.05) is 0 Å². The van der Waals surface area contributed by atoms with Crippen molar-refractivity contribution in [1.29, 1.82) is 0 Å². The van der Waals surface area contributed by atoms with Gasteiger partial charge in [-0.1, -0.05) is 22.9 Å². The Morgan fingerprint density at radius 3 is 2.42 bits per heavy atom. The summed E-state index contributed by atoms with van der Waals surface area (Å²) in [6.45, 7) is 4.30. The molecule has 0 aliphatic heterocycles. The second kappa shape index (κ2) is 6.93. The van der Waals surface area contributed by atoms with E-state index in [4.69, 9.17) is 5.73 Å². The van der Waals surface area contributed by atoms with Crippen LogP contribution in [-0.2, 0) is 0 Å². The Labute approximate surface area is 131 Å². The van der Waals surface area contributed by atoms with Crippen LogP contribution in [0.3, 0.4) is 0 Å². The van der Waals surface area contributed by atoms with Gasteiger partial charge in [0.1, 0.15) is 0 Å². The van der Waals surface area contributed by atoms with Crippen LogP contribution in [0.1, 0.15) is 28.3 Å². The first-order valence-electron chi connectivity index (χ1n) is 6.34. The molecule has 2 unspecified atom stereocenters. The molecule has 1 nitrogen and oxygen atoms in total. The minimum atomic E-state index is 0.187. The standard InChI is InChI=1S/C15H18BrNS2/c1-3-13(17)15(14-9-4-10(2)18-14)19-12-7-5-11(16)6-8-12/h4-9,13,15H,3,17H2,1-2H3. The van der Waals surface area contributed by atoms with Crippen molar-refractivity contribution in [3.8, 4) is 0 Å². The van der Waals surface area contributed by atoms with Crippen LogP contribution < -0.4 is 5.73 Å². The van der Waals surface area contributed by atoms with E-state index in [9.17, 15) is 0 Å². The molecule has 2 atom stereocenters. The maximum atomic E-state index is 6.31. The van der Waals surface area contributed by atoms with Crippen molar-refractivity contribution in [2.45, 2.75) is 36.5 Å². The van der Waals surface area contributed by atoms with E-state index >= 15 is 0 Å². The predicted octanol–water partition coefficient (Wildman–Crippen LogP) is 5.39. The fourth-order valence-electron chi connectivity index (χ4n) is 1.84. The average Bonchev–Trinajstić information content (AvgIpc) is 2.83. The van der Waals surface area contributed by atoms with Gasteiger partial charge in [-0.3, -0.25) is 0 Å². The number of hydrogen-bond acceptors (Lipinski definition) is 3. The summed E-state index contributed by atoms with van der Waals surface area (Å²) in [4.78, 5) is 3.99. The number of aryl methyl sites for hydroxylation is 1. The third-order valence-corrected chi connectivity index (χ3v) is 6.14. The number of hydrogen-bond donors (Lipinski definition) is 1. The van der Waals surface area contributed by atoms with Gasteiger partial charge in [0, 0.05) is 25.2 Å². The van der Waals surface area contributed by atoms with Gasteiger partial charge in [0.05, 0.1) is 5.25 Å². The lowest BCUT2D eigenvalue weighted by Crippen LogP contribution is -2.25. The van der Waals surface area contributed by atoms with E-state index in [1.807, 2.05) is 23.1 Å². The molecule has 2 rings (SSSR count). The molecular weight excluding hydrogens is 338 g/mol. The molecule has 4 heteroatoms. The summed E-state index contributed by atoms with van der Waals surface area (Å²) in [5.74, 6) is 0. The Kier molecular flexibility index (Phi) is 5.51. The zero-order valence-corrected chi connectivity index (χ0v) is 14.3. The average molecular weight is 356 g/mol. The van der Waals surface area contributed by atoms with Crippen LogP contribution >= 0.6 is 39.0 Å². The van der Waals surface area contributed by atoms with Crippen LogP contribution in [0.4, 0.5) is 0 Å². The SMILES string of the molecule is CCC(N)C(Sc1ccc(Br)cc1)c1ccc(C)s1. The van der Waals surface area contributed by atoms with Crippen LogP contribution in [0.2, 0.25) is 0 Å². The summed E-state index contributed by atoms with van der Waals surface area (Å²) in [5, 5.41) is 0.338. The monoisotopic (exact) mass is 355 g/mol. The lowest BCUT2D eigenvalue weighted by Gasteiger charge is -2.21. The number of thioether (sulfide) groups is 1. The largest absolute Gasteiger partial charge is 0.326 e. The maximum absolute atomic E-state index is 6.31. The van der Waals surface area contributed by atoms with Gasteiger partial charge in [-0.2, -0.15) is 0 Å². The van der Waals surface area contributed by atoms with E-state index in [-0.39, 0.29) is 6.04 Å². The lowest BCUT2D eigenvalue weighted by molar-refractivity contribution is 0.640. The number of benzene rings is 1. The zero-order valence-electron chi connectivity index (χ0n) is 11.1. The first-order chi connectivity index (χ1) is 9.10. The number of halogens is 1. The van der Waals surface area contributed by atoms with Crippen LogP contribution in [0, 0.1) is 6.92 Å². The third kappa shape index (κ3) is 4.09. The van der Waals surface area contributed by atoms with Crippen molar-refractivity contribution in [3.63, 3.8) is 0 Å². The molecule has 1 aromatic heterocycles. The second-order valence-electron chi connectivity index (χ2n) is 4.51. The highest BCUT2D eigenvalue weighted by molar-refractivity contribution is 9.10. The summed E-state index contributed by atoms with van der Waals surface area (Å²) in [6, 6.07) is 13.0. The molecule has 2 aromatic rings. The molecule has 1 aromatic carbocycles. The van der Waals surface area contributed by atoms with Gasteiger partial charge >= 0.3 is 0 Å². The minimum absolute atomic E-state index is 0.187. The number of thiophene rings is 1. The summed E-state index contributed by atoms with van der Waals surface area (Å²) in [5.41, 5.74) is 6.31.